The summed E-state index contributed by atoms with van der Waals surface area (Å²) < 4.78 is 0. The van der Waals surface area contributed by atoms with Gasteiger partial charge in [-0.05, 0) is 11.7 Å². The van der Waals surface area contributed by atoms with Crippen LogP contribution >= 0.6 is 11.8 Å². The van der Waals surface area contributed by atoms with Crippen molar-refractivity contribution < 1.29 is 0 Å². The van der Waals surface area contributed by atoms with Gasteiger partial charge < -0.3 is 0 Å². The smallest absolute Gasteiger partial charge is 0.00238 e. The van der Waals surface area contributed by atoms with E-state index in [1.165, 1.54) is 0 Å². The first-order chi connectivity index (χ1) is 3.31. The topological polar surface area (TPSA) is 0 Å². The van der Waals surface area contributed by atoms with E-state index in [0.717, 1.165) is 5.75 Å². The van der Waals surface area contributed by atoms with Crippen molar-refractivity contribution in [3.8, 4) is 0 Å². The average Bonchev–Trinajstić information content (AvgIpc) is 1.68. The molecule has 0 aliphatic heterocycles. The summed E-state index contributed by atoms with van der Waals surface area (Å²) in [4.78, 5) is 0. The Bertz CT molecular complexity index is 50.1. The number of thioether (sulfide) groups is 1. The van der Waals surface area contributed by atoms with Crippen LogP contribution in [-0.4, -0.2) is 5.75 Å². The predicted octanol–water partition coefficient (Wildman–Crippen LogP) is 2.33. The lowest BCUT2D eigenvalue weighted by Gasteiger charge is -1.98. The molecule has 0 saturated heterocycles. The number of allylic oxidation sites excluding steroid dienone is 1. The van der Waals surface area contributed by atoms with Gasteiger partial charge in [-0.25, -0.2) is 0 Å². The normalized spacial score (nSPS) is 13.4. The predicted molar refractivity (Wildman–Crippen MR) is 37.2 cm³/mol. The largest absolute Gasteiger partial charge is 0.161 e. The molecule has 0 aromatic carbocycles. The van der Waals surface area contributed by atoms with Gasteiger partial charge in [0.2, 0.25) is 0 Å². The minimum absolute atomic E-state index is 0.613. The lowest BCUT2D eigenvalue weighted by molar-refractivity contribution is 0.851. The van der Waals surface area contributed by atoms with E-state index in [2.05, 4.69) is 19.8 Å². The van der Waals surface area contributed by atoms with Crippen molar-refractivity contribution in [2.75, 3.05) is 5.75 Å². The van der Waals surface area contributed by atoms with Crippen LogP contribution in [0.25, 0.3) is 0 Å². The quantitative estimate of drug-likeness (QED) is 0.509. The van der Waals surface area contributed by atoms with E-state index in [4.69, 9.17) is 0 Å². The van der Waals surface area contributed by atoms with Crippen LogP contribution in [-0.2, 0) is 0 Å². The zero-order valence-corrected chi connectivity index (χ0v) is 5.50. The van der Waals surface area contributed by atoms with Gasteiger partial charge >= 0.3 is 0 Å². The molecule has 41 valence electrons. The van der Waals surface area contributed by atoms with E-state index in [0.29, 0.717) is 5.92 Å². The van der Waals surface area contributed by atoms with Gasteiger partial charge in [-0.3, -0.25) is 0 Å². The van der Waals surface area contributed by atoms with Crippen LogP contribution in [0.3, 0.4) is 0 Å². The van der Waals surface area contributed by atoms with E-state index in [1.54, 1.807) is 11.8 Å². The third-order valence-electron chi connectivity index (χ3n) is 0.783. The molecule has 0 rings (SSSR count). The highest BCUT2D eigenvalue weighted by Gasteiger charge is 1.89. The second-order valence-electron chi connectivity index (χ2n) is 1.58. The molecule has 0 aliphatic carbocycles. The zero-order chi connectivity index (χ0) is 5.70. The Morgan fingerprint density at radius 1 is 1.86 bits per heavy atom. The summed E-state index contributed by atoms with van der Waals surface area (Å²) in [5.74, 6) is 1.70. The van der Waals surface area contributed by atoms with Crippen molar-refractivity contribution in [3.05, 3.63) is 18.9 Å². The molecule has 0 nitrogen and oxygen atoms in total. The van der Waals surface area contributed by atoms with Gasteiger partial charge in [0.15, 0.2) is 0 Å². The maximum absolute atomic E-state index is 3.64. The molecule has 7 heavy (non-hydrogen) atoms. The summed E-state index contributed by atoms with van der Waals surface area (Å²) in [6.07, 6.45) is 5.59. The lowest BCUT2D eigenvalue weighted by Crippen LogP contribution is -1.89. The van der Waals surface area contributed by atoms with E-state index in [9.17, 15) is 0 Å². The van der Waals surface area contributed by atoms with Crippen LogP contribution < -0.4 is 0 Å². The van der Waals surface area contributed by atoms with Gasteiger partial charge in [0.25, 0.3) is 0 Å². The Labute approximate surface area is 50.0 Å². The van der Waals surface area contributed by atoms with Crippen LogP contribution in [0.15, 0.2) is 12.7 Å². The minimum Gasteiger partial charge on any atom is -0.161 e. The van der Waals surface area contributed by atoms with Gasteiger partial charge in [0.05, 0.1) is 0 Å². The van der Waals surface area contributed by atoms with Gasteiger partial charge in [-0.15, -0.1) is 6.58 Å². The Kier molecular flexibility index (Phi) is 4.31. The summed E-state index contributed by atoms with van der Waals surface area (Å²) in [5, 5.41) is 0. The molecule has 0 bridgehead atoms. The van der Waals surface area contributed by atoms with Crippen LogP contribution in [0.4, 0.5) is 0 Å². The SMILES string of the molecule is [CH2]SCC(C)C=C. The summed E-state index contributed by atoms with van der Waals surface area (Å²) in [5.41, 5.74) is 0. The molecule has 0 saturated carbocycles. The first-order valence-corrected chi connectivity index (χ1v) is 3.46. The van der Waals surface area contributed by atoms with Crippen LogP contribution in [0.5, 0.6) is 0 Å². The Morgan fingerprint density at radius 2 is 2.43 bits per heavy atom. The van der Waals surface area contributed by atoms with Crippen molar-refractivity contribution in [2.24, 2.45) is 5.92 Å². The van der Waals surface area contributed by atoms with E-state index in [-0.39, 0.29) is 0 Å². The van der Waals surface area contributed by atoms with E-state index < -0.39 is 0 Å². The summed E-state index contributed by atoms with van der Waals surface area (Å²) in [6.45, 7) is 5.77. The van der Waals surface area contributed by atoms with Gasteiger partial charge in [0, 0.05) is 6.26 Å². The molecule has 0 spiro atoms. The summed E-state index contributed by atoms with van der Waals surface area (Å²) >= 11 is 1.61. The van der Waals surface area contributed by atoms with Crippen LogP contribution in [0.2, 0.25) is 0 Å². The molecule has 0 aliphatic rings. The summed E-state index contributed by atoms with van der Waals surface area (Å²) in [6, 6.07) is 0. The number of hydrogen-bond donors (Lipinski definition) is 0. The van der Waals surface area contributed by atoms with Crippen molar-refractivity contribution in [1.29, 1.82) is 0 Å². The Morgan fingerprint density at radius 3 is 2.57 bits per heavy atom. The summed E-state index contributed by atoms with van der Waals surface area (Å²) in [7, 11) is 0. The minimum atomic E-state index is 0.613. The molecule has 0 amide bonds. The van der Waals surface area contributed by atoms with E-state index in [1.807, 2.05) is 6.08 Å². The second-order valence-corrected chi connectivity index (χ2v) is 2.33. The van der Waals surface area contributed by atoms with Crippen molar-refractivity contribution in [3.63, 3.8) is 0 Å². The molecule has 0 aromatic heterocycles. The fourth-order valence-corrected chi connectivity index (χ4v) is 0.762. The lowest BCUT2D eigenvalue weighted by atomic mass is 10.2. The third kappa shape index (κ3) is 3.93. The maximum Gasteiger partial charge on any atom is 0.00238 e. The second kappa shape index (κ2) is 4.25. The molecule has 0 aromatic rings. The Hall–Kier alpha value is 0.0900. The fraction of sp³-hybridized carbons (Fsp3) is 0.500. The molecule has 0 heterocycles. The van der Waals surface area contributed by atoms with Crippen molar-refractivity contribution in [2.45, 2.75) is 6.92 Å². The molecule has 1 atom stereocenters. The highest BCUT2D eigenvalue weighted by atomic mass is 32.2. The molecule has 0 fully saturated rings. The molecule has 1 unspecified atom stereocenters. The molecular formula is C6H11S. The van der Waals surface area contributed by atoms with Crippen LogP contribution in [0, 0.1) is 12.2 Å². The number of rotatable bonds is 3. The van der Waals surface area contributed by atoms with Crippen LogP contribution in [0.1, 0.15) is 6.92 Å². The fourth-order valence-electron chi connectivity index (χ4n) is 0.254. The van der Waals surface area contributed by atoms with Crippen molar-refractivity contribution >= 4 is 11.8 Å². The van der Waals surface area contributed by atoms with Crippen molar-refractivity contribution in [1.82, 2.24) is 0 Å². The van der Waals surface area contributed by atoms with Gasteiger partial charge in [-0.2, -0.15) is 11.8 Å². The zero-order valence-electron chi connectivity index (χ0n) is 4.68. The average molecular weight is 115 g/mol. The van der Waals surface area contributed by atoms with Gasteiger partial charge in [-0.1, -0.05) is 13.0 Å². The van der Waals surface area contributed by atoms with E-state index >= 15 is 0 Å². The molecular weight excluding hydrogens is 104 g/mol. The molecule has 1 heteroatoms. The third-order valence-corrected chi connectivity index (χ3v) is 1.54. The van der Waals surface area contributed by atoms with Gasteiger partial charge in [0.1, 0.15) is 0 Å². The monoisotopic (exact) mass is 115 g/mol. The molecule has 0 N–H and O–H groups in total. The highest BCUT2D eigenvalue weighted by Crippen LogP contribution is 2.04. The standard InChI is InChI=1S/C6H11S/c1-4-6(2)5-7-3/h4,6H,1,3,5H2,2H3. The molecule has 1 radical (unpaired) electrons. The Balaban J connectivity index is 2.98. The maximum atomic E-state index is 3.64. The highest BCUT2D eigenvalue weighted by molar-refractivity contribution is 8.00. The number of hydrogen-bond acceptors (Lipinski definition) is 1. The first kappa shape index (κ1) is 7.09. The first-order valence-electron chi connectivity index (χ1n) is 2.30.